The molecule has 1 atom stereocenters. The minimum Gasteiger partial charge on any atom is -0.326 e. The van der Waals surface area contributed by atoms with Gasteiger partial charge in [-0.05, 0) is 37.8 Å². The molecule has 3 rings (SSSR count). The molecule has 1 aliphatic rings. The van der Waals surface area contributed by atoms with Crippen molar-refractivity contribution < 1.29 is 8.42 Å². The van der Waals surface area contributed by atoms with Crippen molar-refractivity contribution in [2.75, 3.05) is 6.26 Å². The lowest BCUT2D eigenvalue weighted by Gasteiger charge is -2.27. The van der Waals surface area contributed by atoms with E-state index in [1.807, 2.05) is 13.0 Å². The molecule has 114 valence electrons. The molecule has 1 fully saturated rings. The number of rotatable bonds is 4. The van der Waals surface area contributed by atoms with Crippen molar-refractivity contribution in [3.63, 3.8) is 0 Å². The Hall–Kier alpha value is -1.07. The van der Waals surface area contributed by atoms with Crippen LogP contribution in [0.1, 0.15) is 37.4 Å². The van der Waals surface area contributed by atoms with Crippen LogP contribution in [0.2, 0.25) is 0 Å². The molecule has 4 nitrogen and oxygen atoms in total. The van der Waals surface area contributed by atoms with Crippen molar-refractivity contribution >= 4 is 32.5 Å². The first-order chi connectivity index (χ1) is 9.88. The molecule has 0 spiro atoms. The molecular weight excluding hydrogens is 308 g/mol. The van der Waals surface area contributed by atoms with Gasteiger partial charge >= 0.3 is 0 Å². The van der Waals surface area contributed by atoms with Gasteiger partial charge in [0.05, 0.1) is 15.8 Å². The summed E-state index contributed by atoms with van der Waals surface area (Å²) in [7, 11) is -3.30. The SMILES string of the molecule is CC(Cl)c1nc2c(S(C)(=O)=O)cccc2n1CC1CCC1. The van der Waals surface area contributed by atoms with Crippen LogP contribution in [0, 0.1) is 5.92 Å². The third-order valence-electron chi connectivity index (χ3n) is 4.19. The van der Waals surface area contributed by atoms with E-state index in [0.717, 1.165) is 17.9 Å². The molecular formula is C15H19ClN2O2S. The predicted molar refractivity (Wildman–Crippen MR) is 84.5 cm³/mol. The van der Waals surface area contributed by atoms with E-state index in [1.54, 1.807) is 12.1 Å². The maximum absolute atomic E-state index is 11.9. The molecule has 0 aliphatic heterocycles. The number of alkyl halides is 1. The molecule has 1 heterocycles. The molecule has 6 heteroatoms. The molecule has 21 heavy (non-hydrogen) atoms. The summed E-state index contributed by atoms with van der Waals surface area (Å²) in [5, 5.41) is -0.245. The number of sulfone groups is 1. The van der Waals surface area contributed by atoms with E-state index in [4.69, 9.17) is 11.6 Å². The van der Waals surface area contributed by atoms with Gasteiger partial charge in [0.1, 0.15) is 11.3 Å². The van der Waals surface area contributed by atoms with Gasteiger partial charge < -0.3 is 4.57 Å². The zero-order chi connectivity index (χ0) is 15.2. The van der Waals surface area contributed by atoms with E-state index in [0.29, 0.717) is 11.4 Å². The molecule has 0 amide bonds. The Morgan fingerprint density at radius 3 is 2.67 bits per heavy atom. The zero-order valence-electron chi connectivity index (χ0n) is 12.2. The average molecular weight is 327 g/mol. The van der Waals surface area contributed by atoms with Crippen molar-refractivity contribution in [3.8, 4) is 0 Å². The largest absolute Gasteiger partial charge is 0.326 e. The first kappa shape index (κ1) is 14.9. The van der Waals surface area contributed by atoms with Gasteiger partial charge in [-0.1, -0.05) is 12.5 Å². The summed E-state index contributed by atoms with van der Waals surface area (Å²) in [4.78, 5) is 4.83. The minimum atomic E-state index is -3.30. The lowest BCUT2D eigenvalue weighted by Crippen LogP contribution is -2.19. The summed E-state index contributed by atoms with van der Waals surface area (Å²) in [6.45, 7) is 2.75. The highest BCUT2D eigenvalue weighted by atomic mass is 35.5. The van der Waals surface area contributed by atoms with E-state index in [9.17, 15) is 8.42 Å². The Bertz CT molecular complexity index is 776. The second-order valence-corrected chi connectivity index (χ2v) is 8.53. The molecule has 0 radical (unpaired) electrons. The number of benzene rings is 1. The fourth-order valence-electron chi connectivity index (χ4n) is 2.87. The first-order valence-corrected chi connectivity index (χ1v) is 9.54. The molecule has 1 aliphatic carbocycles. The summed E-state index contributed by atoms with van der Waals surface area (Å²) in [5.74, 6) is 1.41. The lowest BCUT2D eigenvalue weighted by atomic mass is 9.85. The van der Waals surface area contributed by atoms with Gasteiger partial charge in [-0.2, -0.15) is 0 Å². The highest BCUT2D eigenvalue weighted by Crippen LogP contribution is 2.33. The number of nitrogens with zero attached hydrogens (tertiary/aromatic N) is 2. The van der Waals surface area contributed by atoms with E-state index in [1.165, 1.54) is 25.5 Å². The number of hydrogen-bond acceptors (Lipinski definition) is 3. The summed E-state index contributed by atoms with van der Waals surface area (Å²) < 4.78 is 26.0. The van der Waals surface area contributed by atoms with Crippen molar-refractivity contribution in [3.05, 3.63) is 24.0 Å². The molecule has 1 aromatic carbocycles. The Labute approximate surface area is 130 Å². The standard InChI is InChI=1S/C15H19ClN2O2S/c1-10(16)15-17-14-12(18(15)9-11-5-3-6-11)7-4-8-13(14)21(2,19)20/h4,7-8,10-11H,3,5-6,9H2,1-2H3. The van der Waals surface area contributed by atoms with Crippen LogP contribution in [0.25, 0.3) is 11.0 Å². The normalized spacial score (nSPS) is 17.9. The zero-order valence-corrected chi connectivity index (χ0v) is 13.8. The molecule has 2 aromatic rings. The minimum absolute atomic E-state index is 0.245. The fraction of sp³-hybridized carbons (Fsp3) is 0.533. The van der Waals surface area contributed by atoms with Crippen LogP contribution < -0.4 is 0 Å². The van der Waals surface area contributed by atoms with Gasteiger partial charge in [-0.3, -0.25) is 0 Å². The number of aromatic nitrogens is 2. The Kier molecular flexibility index (Phi) is 3.74. The highest BCUT2D eigenvalue weighted by molar-refractivity contribution is 7.91. The Balaban J connectivity index is 2.21. The van der Waals surface area contributed by atoms with Crippen LogP contribution in [-0.4, -0.2) is 24.2 Å². The fourth-order valence-corrected chi connectivity index (χ4v) is 3.86. The van der Waals surface area contributed by atoms with E-state index in [2.05, 4.69) is 9.55 Å². The predicted octanol–water partition coefficient (Wildman–Crippen LogP) is 3.54. The summed E-state index contributed by atoms with van der Waals surface area (Å²) in [5.41, 5.74) is 1.41. The van der Waals surface area contributed by atoms with Crippen LogP contribution in [0.3, 0.4) is 0 Å². The summed E-state index contributed by atoms with van der Waals surface area (Å²) in [6.07, 6.45) is 4.94. The van der Waals surface area contributed by atoms with Crippen LogP contribution in [-0.2, 0) is 16.4 Å². The van der Waals surface area contributed by atoms with Gasteiger partial charge in [0.2, 0.25) is 0 Å². The van der Waals surface area contributed by atoms with Gasteiger partial charge in [-0.15, -0.1) is 11.6 Å². The molecule has 0 bridgehead atoms. The smallest absolute Gasteiger partial charge is 0.177 e. The van der Waals surface area contributed by atoms with Crippen LogP contribution in [0.4, 0.5) is 0 Å². The quantitative estimate of drug-likeness (QED) is 0.807. The third kappa shape index (κ3) is 2.69. The second-order valence-electron chi connectivity index (χ2n) is 5.89. The van der Waals surface area contributed by atoms with Crippen LogP contribution in [0.5, 0.6) is 0 Å². The van der Waals surface area contributed by atoms with E-state index < -0.39 is 9.84 Å². The molecule has 1 saturated carbocycles. The van der Waals surface area contributed by atoms with Crippen molar-refractivity contribution in [2.24, 2.45) is 5.92 Å². The topological polar surface area (TPSA) is 52.0 Å². The number of hydrogen-bond donors (Lipinski definition) is 0. The van der Waals surface area contributed by atoms with Crippen LogP contribution >= 0.6 is 11.6 Å². The Morgan fingerprint density at radius 1 is 1.43 bits per heavy atom. The van der Waals surface area contributed by atoms with Crippen molar-refractivity contribution in [1.82, 2.24) is 9.55 Å². The second kappa shape index (κ2) is 5.29. The van der Waals surface area contributed by atoms with Gasteiger partial charge in [0, 0.05) is 12.8 Å². The third-order valence-corrected chi connectivity index (χ3v) is 5.52. The summed E-state index contributed by atoms with van der Waals surface area (Å²) >= 11 is 6.26. The van der Waals surface area contributed by atoms with Gasteiger partial charge in [0.25, 0.3) is 0 Å². The maximum Gasteiger partial charge on any atom is 0.177 e. The van der Waals surface area contributed by atoms with Crippen molar-refractivity contribution in [2.45, 2.75) is 43.0 Å². The number of fused-ring (bicyclic) bond motifs is 1. The van der Waals surface area contributed by atoms with E-state index >= 15 is 0 Å². The highest BCUT2D eigenvalue weighted by Gasteiger charge is 2.24. The molecule has 0 N–H and O–H groups in total. The number of para-hydroxylation sites is 1. The molecule has 0 saturated heterocycles. The summed E-state index contributed by atoms with van der Waals surface area (Å²) in [6, 6.07) is 5.32. The molecule has 1 unspecified atom stereocenters. The van der Waals surface area contributed by atoms with E-state index in [-0.39, 0.29) is 10.3 Å². The average Bonchev–Trinajstić information content (AvgIpc) is 2.71. The number of halogens is 1. The molecule has 1 aromatic heterocycles. The maximum atomic E-state index is 11.9. The monoisotopic (exact) mass is 326 g/mol. The van der Waals surface area contributed by atoms with Crippen LogP contribution in [0.15, 0.2) is 23.1 Å². The van der Waals surface area contributed by atoms with Gasteiger partial charge in [0.15, 0.2) is 9.84 Å². The number of imidazole rings is 1. The van der Waals surface area contributed by atoms with Gasteiger partial charge in [-0.25, -0.2) is 13.4 Å². The Morgan fingerprint density at radius 2 is 2.14 bits per heavy atom. The lowest BCUT2D eigenvalue weighted by molar-refractivity contribution is 0.276. The van der Waals surface area contributed by atoms with Crippen molar-refractivity contribution in [1.29, 1.82) is 0 Å². The first-order valence-electron chi connectivity index (χ1n) is 7.21.